The summed E-state index contributed by atoms with van der Waals surface area (Å²) in [6.07, 6.45) is 3.98. The van der Waals surface area contributed by atoms with Crippen molar-refractivity contribution in [3.05, 3.63) is 42.1 Å². The van der Waals surface area contributed by atoms with Crippen molar-refractivity contribution in [2.75, 3.05) is 19.4 Å². The van der Waals surface area contributed by atoms with Crippen molar-refractivity contribution in [2.45, 2.75) is 76.3 Å². The fraction of sp³-hybridized carbons (Fsp3) is 0.562. The minimum atomic E-state index is -3.58. The topological polar surface area (TPSA) is 132 Å². The Hall–Kier alpha value is -3.18. The molecule has 5 atom stereocenters. The van der Waals surface area contributed by atoms with Gasteiger partial charge in [0.1, 0.15) is 29.2 Å². The zero-order valence-corrected chi connectivity index (χ0v) is 27.3. The molecule has 238 valence electrons. The van der Waals surface area contributed by atoms with Crippen LogP contribution < -0.4 is 14.8 Å². The third-order valence-corrected chi connectivity index (χ3v) is 11.8. The van der Waals surface area contributed by atoms with Gasteiger partial charge in [0.2, 0.25) is 17.7 Å². The number of benzene rings is 1. The molecule has 44 heavy (non-hydrogen) atoms. The van der Waals surface area contributed by atoms with Gasteiger partial charge in [-0.3, -0.25) is 14.4 Å². The number of hydrogen-bond acceptors (Lipinski definition) is 8. The number of hydrogen-bond donors (Lipinski definition) is 1. The van der Waals surface area contributed by atoms with Gasteiger partial charge < -0.3 is 19.7 Å². The Kier molecular flexibility index (Phi) is 8.52. The molecule has 2 aromatic rings. The SMILES string of the molecule is C=C[C@@H]1C[C@]1(NC(=O)[C@@H]1C[C@@H](Oc2ncc(Cl)c3ccc(OC)cc23)CN1C(=O)[C@@H](C)C(C)(C)C)C(=O)CS(=O)(=O)C1CC1. The summed E-state index contributed by atoms with van der Waals surface area (Å²) in [5.74, 6) is -1.84. The number of ketones is 1. The Morgan fingerprint density at radius 1 is 1.25 bits per heavy atom. The molecule has 2 heterocycles. The summed E-state index contributed by atoms with van der Waals surface area (Å²) in [6.45, 7) is 11.6. The van der Waals surface area contributed by atoms with Gasteiger partial charge in [0, 0.05) is 29.0 Å². The lowest BCUT2D eigenvalue weighted by atomic mass is 9.81. The maximum Gasteiger partial charge on any atom is 0.243 e. The third-order valence-electron chi connectivity index (χ3n) is 9.31. The molecule has 0 bridgehead atoms. The average molecular weight is 646 g/mol. The monoisotopic (exact) mass is 645 g/mol. The number of nitrogens with one attached hydrogen (secondary N) is 1. The molecule has 1 aliphatic heterocycles. The molecule has 0 spiro atoms. The number of likely N-dealkylation sites (tertiary alicyclic amines) is 1. The van der Waals surface area contributed by atoms with E-state index in [2.05, 4.69) is 16.9 Å². The summed E-state index contributed by atoms with van der Waals surface area (Å²) in [6, 6.07) is 4.41. The fourth-order valence-electron chi connectivity index (χ4n) is 5.80. The first kappa shape index (κ1) is 32.2. The summed E-state index contributed by atoms with van der Waals surface area (Å²) in [4.78, 5) is 47.1. The van der Waals surface area contributed by atoms with Crippen LogP contribution in [0, 0.1) is 17.3 Å². The van der Waals surface area contributed by atoms with Crippen molar-refractivity contribution >= 4 is 49.8 Å². The maximum atomic E-state index is 14.0. The maximum absolute atomic E-state index is 14.0. The Morgan fingerprint density at radius 3 is 2.55 bits per heavy atom. The van der Waals surface area contributed by atoms with Gasteiger partial charge in [0.15, 0.2) is 15.6 Å². The van der Waals surface area contributed by atoms with E-state index in [0.29, 0.717) is 34.4 Å². The molecule has 2 saturated carbocycles. The number of halogens is 1. The smallest absolute Gasteiger partial charge is 0.243 e. The van der Waals surface area contributed by atoms with Gasteiger partial charge in [-0.1, -0.05) is 45.4 Å². The fourth-order valence-corrected chi connectivity index (χ4v) is 7.73. The highest BCUT2D eigenvalue weighted by Gasteiger charge is 2.61. The van der Waals surface area contributed by atoms with Gasteiger partial charge in [-0.15, -0.1) is 6.58 Å². The largest absolute Gasteiger partial charge is 0.497 e. The number of carbonyl (C=O) groups is 3. The molecule has 0 unspecified atom stereocenters. The summed E-state index contributed by atoms with van der Waals surface area (Å²) >= 11 is 6.39. The van der Waals surface area contributed by atoms with E-state index in [1.165, 1.54) is 11.1 Å². The van der Waals surface area contributed by atoms with E-state index in [4.69, 9.17) is 21.1 Å². The predicted octanol–water partition coefficient (Wildman–Crippen LogP) is 4.13. The van der Waals surface area contributed by atoms with Gasteiger partial charge in [-0.05, 0) is 42.9 Å². The number of ether oxygens (including phenoxy) is 2. The first-order chi connectivity index (χ1) is 20.6. The van der Waals surface area contributed by atoms with E-state index in [-0.39, 0.29) is 42.5 Å². The van der Waals surface area contributed by atoms with Crippen molar-refractivity contribution < 1.29 is 32.3 Å². The molecule has 1 aromatic carbocycles. The standard InChI is InChI=1S/C32H40ClN3O7S/c1-7-19-14-32(19,27(37)17-44(40,41)22-9-10-22)35-28(38)26-13-21(16-36(26)30(39)18(2)31(3,4)5)43-29-24-12-20(42-6)8-11-23(24)25(33)15-34-29/h7-8,11-12,15,18-19,21-22,26H,1,9-10,13-14,16-17H2,2-6H3,(H,35,38)/t18-,19-,21-,26+,32-/m1/s1. The molecule has 1 aromatic heterocycles. The second-order valence-corrected chi connectivity index (χ2v) is 16.0. The van der Waals surface area contributed by atoms with E-state index in [9.17, 15) is 22.8 Å². The molecular formula is C32H40ClN3O7S. The molecule has 2 aliphatic carbocycles. The first-order valence-corrected chi connectivity index (χ1v) is 17.0. The highest BCUT2D eigenvalue weighted by atomic mass is 35.5. The Bertz CT molecular complexity index is 1620. The van der Waals surface area contributed by atoms with Crippen LogP contribution in [0.5, 0.6) is 11.6 Å². The zero-order valence-electron chi connectivity index (χ0n) is 25.8. The third kappa shape index (κ3) is 6.18. The molecule has 10 nitrogen and oxygen atoms in total. The lowest BCUT2D eigenvalue weighted by Crippen LogP contribution is -2.55. The van der Waals surface area contributed by atoms with Crippen LogP contribution in [0.3, 0.4) is 0 Å². The molecule has 1 saturated heterocycles. The highest BCUT2D eigenvalue weighted by molar-refractivity contribution is 7.93. The Balaban J connectivity index is 1.42. The van der Waals surface area contributed by atoms with E-state index < -0.39 is 56.1 Å². The number of aromatic nitrogens is 1. The Labute approximate surface area is 263 Å². The van der Waals surface area contributed by atoms with E-state index in [0.717, 1.165) is 0 Å². The minimum absolute atomic E-state index is 0.120. The van der Waals surface area contributed by atoms with E-state index >= 15 is 0 Å². The van der Waals surface area contributed by atoms with Crippen molar-refractivity contribution in [1.82, 2.24) is 15.2 Å². The molecule has 0 radical (unpaired) electrons. The van der Waals surface area contributed by atoms with Crippen LogP contribution in [-0.2, 0) is 24.2 Å². The number of rotatable bonds is 11. The van der Waals surface area contributed by atoms with E-state index in [1.807, 2.05) is 33.8 Å². The summed E-state index contributed by atoms with van der Waals surface area (Å²) in [5.41, 5.74) is -1.73. The zero-order chi connectivity index (χ0) is 32.2. The molecule has 5 rings (SSSR count). The molecule has 2 amide bonds. The van der Waals surface area contributed by atoms with Crippen LogP contribution in [0.15, 0.2) is 37.1 Å². The molecule has 1 N–H and O–H groups in total. The Morgan fingerprint density at radius 2 is 1.95 bits per heavy atom. The van der Waals surface area contributed by atoms with Gasteiger partial charge in [-0.2, -0.15) is 0 Å². The second-order valence-electron chi connectivity index (χ2n) is 13.3. The summed E-state index contributed by atoms with van der Waals surface area (Å²) in [7, 11) is -2.03. The van der Waals surface area contributed by atoms with E-state index in [1.54, 1.807) is 25.3 Å². The molecule has 3 aliphatic rings. The number of methoxy groups -OCH3 is 1. The first-order valence-electron chi connectivity index (χ1n) is 14.9. The van der Waals surface area contributed by atoms with Crippen molar-refractivity contribution in [3.8, 4) is 11.6 Å². The van der Waals surface area contributed by atoms with Crippen LogP contribution in [0.1, 0.15) is 53.4 Å². The number of pyridine rings is 1. The number of amides is 2. The van der Waals surface area contributed by atoms with Crippen LogP contribution in [0.4, 0.5) is 0 Å². The van der Waals surface area contributed by atoms with Gasteiger partial charge >= 0.3 is 0 Å². The number of carbonyl (C=O) groups excluding carboxylic acids is 3. The van der Waals surface area contributed by atoms with Crippen molar-refractivity contribution in [1.29, 1.82) is 0 Å². The highest BCUT2D eigenvalue weighted by Crippen LogP contribution is 2.46. The molecule has 12 heteroatoms. The number of sulfone groups is 1. The molecule has 3 fully saturated rings. The summed E-state index contributed by atoms with van der Waals surface area (Å²) in [5, 5.41) is 4.16. The summed E-state index contributed by atoms with van der Waals surface area (Å²) < 4.78 is 37.0. The van der Waals surface area contributed by atoms with Crippen molar-refractivity contribution in [2.24, 2.45) is 17.3 Å². The lowest BCUT2D eigenvalue weighted by molar-refractivity contribution is -0.144. The van der Waals surface area contributed by atoms with Gasteiger partial charge in [-0.25, -0.2) is 13.4 Å². The predicted molar refractivity (Wildman–Crippen MR) is 167 cm³/mol. The molecular weight excluding hydrogens is 606 g/mol. The quantitative estimate of drug-likeness (QED) is 0.361. The average Bonchev–Trinajstić information content (AvgIpc) is 3.90. The normalized spacial score (nSPS) is 25.8. The van der Waals surface area contributed by atoms with Crippen molar-refractivity contribution in [3.63, 3.8) is 0 Å². The van der Waals surface area contributed by atoms with Crippen LogP contribution in [0.2, 0.25) is 5.02 Å². The number of fused-ring (bicyclic) bond motifs is 1. The second kappa shape index (κ2) is 11.6. The van der Waals surface area contributed by atoms with Gasteiger partial charge in [0.05, 0.1) is 30.1 Å². The van der Waals surface area contributed by atoms with Crippen LogP contribution in [-0.4, -0.2) is 78.2 Å². The van der Waals surface area contributed by atoms with Gasteiger partial charge in [0.25, 0.3) is 0 Å². The minimum Gasteiger partial charge on any atom is -0.497 e. The lowest BCUT2D eigenvalue weighted by Gasteiger charge is -2.33. The van der Waals surface area contributed by atoms with Crippen LogP contribution >= 0.6 is 11.6 Å². The van der Waals surface area contributed by atoms with Crippen LogP contribution in [0.25, 0.3) is 10.8 Å². The number of Topliss-reactive ketones (excluding diaryl/α,β-unsaturated/α-hetero) is 1. The number of nitrogens with zero attached hydrogens (tertiary/aromatic N) is 2.